The minimum atomic E-state index is -4.74. The van der Waals surface area contributed by atoms with Crippen molar-refractivity contribution in [3.8, 4) is 0 Å². The SMILES string of the molecule is NC(=O)c1cc[n+](CC2=C(C(=O)[O-])N3C(=O)C(NC(=O)C(=NOCC(F)(F)F)c4nsc(N)n4)[C@@H]3SC2)cc1. The zero-order valence-corrected chi connectivity index (χ0v) is 21.0. The molecule has 1 unspecified atom stereocenters. The molecular weight excluding hydrogens is 569 g/mol. The van der Waals surface area contributed by atoms with E-state index in [1.165, 1.54) is 24.5 Å². The number of oxime groups is 1. The Morgan fingerprint density at radius 1 is 1.31 bits per heavy atom. The summed E-state index contributed by atoms with van der Waals surface area (Å²) in [6.07, 6.45) is -1.71. The largest absolute Gasteiger partial charge is 0.543 e. The average Bonchev–Trinajstić information content (AvgIpc) is 3.29. The fraction of sp³-hybridized carbons (Fsp3) is 0.300. The van der Waals surface area contributed by atoms with Crippen LogP contribution in [0.15, 0.2) is 41.0 Å². The smallest absolute Gasteiger partial charge is 0.425 e. The number of amides is 3. The second-order valence-corrected chi connectivity index (χ2v) is 9.90. The van der Waals surface area contributed by atoms with Crippen LogP contribution < -0.4 is 26.5 Å². The van der Waals surface area contributed by atoms with Crippen molar-refractivity contribution in [3.05, 3.63) is 47.2 Å². The summed E-state index contributed by atoms with van der Waals surface area (Å²) in [5.74, 6) is -4.48. The van der Waals surface area contributed by atoms with Crippen LogP contribution in [0.25, 0.3) is 0 Å². The number of aromatic nitrogens is 3. The molecule has 0 saturated carbocycles. The number of β-lactam (4-membered cyclic amide) rings is 1. The van der Waals surface area contributed by atoms with E-state index in [9.17, 15) is 37.5 Å². The predicted octanol–water partition coefficient (Wildman–Crippen LogP) is -2.11. The number of aliphatic carboxylic acids is 1. The number of primary amides is 1. The second kappa shape index (κ2) is 10.8. The maximum atomic E-state index is 12.9. The Balaban J connectivity index is 1.51. The summed E-state index contributed by atoms with van der Waals surface area (Å²) in [4.78, 5) is 57.9. The van der Waals surface area contributed by atoms with Crippen LogP contribution >= 0.6 is 23.3 Å². The molecule has 39 heavy (non-hydrogen) atoms. The normalized spacial score (nSPS) is 19.3. The third kappa shape index (κ3) is 6.08. The molecule has 2 aliphatic heterocycles. The number of carboxylic acid groups (broad SMARTS) is 1. The van der Waals surface area contributed by atoms with Gasteiger partial charge >= 0.3 is 6.18 Å². The Labute approximate surface area is 224 Å². The first-order valence-corrected chi connectivity index (χ1v) is 12.5. The number of nitrogen functional groups attached to an aromatic ring is 1. The summed E-state index contributed by atoms with van der Waals surface area (Å²) in [5, 5.41) is 16.5. The van der Waals surface area contributed by atoms with E-state index in [0.29, 0.717) is 17.1 Å². The minimum absolute atomic E-state index is 0.0488. The number of anilines is 1. The third-order valence-electron chi connectivity index (χ3n) is 5.33. The lowest BCUT2D eigenvalue weighted by molar-refractivity contribution is -0.689. The molecule has 19 heteroatoms. The van der Waals surface area contributed by atoms with E-state index in [4.69, 9.17) is 11.5 Å². The van der Waals surface area contributed by atoms with E-state index in [-0.39, 0.29) is 28.7 Å². The van der Waals surface area contributed by atoms with Crippen LogP contribution in [-0.4, -0.2) is 73.6 Å². The van der Waals surface area contributed by atoms with Crippen molar-refractivity contribution >= 4 is 57.8 Å². The first kappa shape index (κ1) is 27.8. The van der Waals surface area contributed by atoms with E-state index >= 15 is 0 Å². The van der Waals surface area contributed by atoms with Gasteiger partial charge in [-0.2, -0.15) is 22.5 Å². The fourth-order valence-electron chi connectivity index (χ4n) is 3.64. The number of halogens is 3. The van der Waals surface area contributed by atoms with Crippen molar-refractivity contribution in [1.29, 1.82) is 0 Å². The molecule has 4 rings (SSSR count). The number of hydrogen-bond donors (Lipinski definition) is 3. The second-order valence-electron chi connectivity index (χ2n) is 8.01. The molecule has 14 nitrogen and oxygen atoms in total. The average molecular weight is 587 g/mol. The number of thioether (sulfide) groups is 1. The van der Waals surface area contributed by atoms with Gasteiger partial charge in [0.15, 0.2) is 24.1 Å². The van der Waals surface area contributed by atoms with Crippen LogP contribution in [0, 0.1) is 0 Å². The number of nitrogens with two attached hydrogens (primary N) is 2. The van der Waals surface area contributed by atoms with E-state index < -0.39 is 59.4 Å². The van der Waals surface area contributed by atoms with Crippen LogP contribution in [-0.2, 0) is 25.8 Å². The van der Waals surface area contributed by atoms with E-state index in [1.807, 2.05) is 0 Å². The van der Waals surface area contributed by atoms with Crippen molar-refractivity contribution in [3.63, 3.8) is 0 Å². The van der Waals surface area contributed by atoms with Crippen LogP contribution in [0.2, 0.25) is 0 Å². The summed E-state index contributed by atoms with van der Waals surface area (Å²) in [7, 11) is 0. The molecule has 2 aromatic heterocycles. The summed E-state index contributed by atoms with van der Waals surface area (Å²) >= 11 is 1.79. The molecule has 0 aliphatic carbocycles. The number of pyridine rings is 1. The Kier molecular flexibility index (Phi) is 7.72. The highest BCUT2D eigenvalue weighted by Gasteiger charge is 2.53. The quantitative estimate of drug-likeness (QED) is 0.126. The number of hydrogen-bond acceptors (Lipinski definition) is 12. The number of carbonyl (C=O) groups is 4. The lowest BCUT2D eigenvalue weighted by Gasteiger charge is -2.50. The van der Waals surface area contributed by atoms with Crippen molar-refractivity contribution in [1.82, 2.24) is 19.6 Å². The molecule has 2 atom stereocenters. The molecule has 4 heterocycles. The molecule has 2 aromatic rings. The fourth-order valence-corrected chi connectivity index (χ4v) is 5.41. The van der Waals surface area contributed by atoms with Gasteiger partial charge in [0, 0.05) is 35.0 Å². The van der Waals surface area contributed by atoms with Gasteiger partial charge in [0.2, 0.25) is 24.1 Å². The molecule has 206 valence electrons. The first-order chi connectivity index (χ1) is 18.4. The van der Waals surface area contributed by atoms with Crippen molar-refractivity contribution < 1.29 is 46.9 Å². The van der Waals surface area contributed by atoms with Gasteiger partial charge in [0.25, 0.3) is 11.8 Å². The maximum absolute atomic E-state index is 12.9. The third-order valence-corrected chi connectivity index (χ3v) is 7.21. The van der Waals surface area contributed by atoms with Gasteiger partial charge in [-0.15, -0.1) is 11.8 Å². The zero-order valence-electron chi connectivity index (χ0n) is 19.4. The van der Waals surface area contributed by atoms with Crippen LogP contribution in [0.3, 0.4) is 0 Å². The number of nitrogens with one attached hydrogen (secondary N) is 1. The number of nitrogens with zero attached hydrogens (tertiary/aromatic N) is 5. The van der Waals surface area contributed by atoms with Gasteiger partial charge in [-0.1, -0.05) is 5.16 Å². The topological polar surface area (TPSA) is 210 Å². The highest BCUT2D eigenvalue weighted by atomic mass is 32.2. The molecule has 2 aliphatic rings. The number of carbonyl (C=O) groups excluding carboxylic acids is 4. The van der Waals surface area contributed by atoms with Crippen molar-refractivity contribution in [2.24, 2.45) is 10.9 Å². The molecule has 1 saturated heterocycles. The Morgan fingerprint density at radius 3 is 2.56 bits per heavy atom. The minimum Gasteiger partial charge on any atom is -0.543 e. The molecule has 0 spiro atoms. The number of carboxylic acids is 1. The van der Waals surface area contributed by atoms with Gasteiger partial charge in [0.05, 0.1) is 17.2 Å². The molecule has 0 radical (unpaired) electrons. The molecule has 1 fully saturated rings. The van der Waals surface area contributed by atoms with E-state index in [2.05, 4.69) is 24.7 Å². The van der Waals surface area contributed by atoms with Gasteiger partial charge in [-0.3, -0.25) is 19.3 Å². The van der Waals surface area contributed by atoms with Crippen LogP contribution in [0.4, 0.5) is 18.3 Å². The van der Waals surface area contributed by atoms with Gasteiger partial charge in [-0.25, -0.2) is 4.57 Å². The monoisotopic (exact) mass is 586 g/mol. The van der Waals surface area contributed by atoms with Gasteiger partial charge < -0.3 is 31.5 Å². The summed E-state index contributed by atoms with van der Waals surface area (Å²) < 4.78 is 42.7. The van der Waals surface area contributed by atoms with Crippen LogP contribution in [0.5, 0.6) is 0 Å². The van der Waals surface area contributed by atoms with Crippen LogP contribution in [0.1, 0.15) is 16.2 Å². The van der Waals surface area contributed by atoms with Gasteiger partial charge in [0.1, 0.15) is 11.4 Å². The molecule has 0 aromatic carbocycles. The molecule has 0 bridgehead atoms. The molecular formula is C20H17F3N8O6S2. The first-order valence-electron chi connectivity index (χ1n) is 10.7. The summed E-state index contributed by atoms with van der Waals surface area (Å²) in [6.45, 7) is -1.75. The lowest BCUT2D eigenvalue weighted by atomic mass is 10.0. The zero-order chi connectivity index (χ0) is 28.5. The molecule has 5 N–H and O–H groups in total. The van der Waals surface area contributed by atoms with Crippen molar-refractivity contribution in [2.45, 2.75) is 24.1 Å². The van der Waals surface area contributed by atoms with Gasteiger partial charge in [-0.05, 0) is 0 Å². The maximum Gasteiger partial charge on any atom is 0.425 e. The van der Waals surface area contributed by atoms with E-state index in [0.717, 1.165) is 16.7 Å². The Morgan fingerprint density at radius 2 is 2.00 bits per heavy atom. The number of rotatable bonds is 9. The lowest BCUT2D eigenvalue weighted by Crippen LogP contribution is -2.71. The molecule has 3 amide bonds. The summed E-state index contributed by atoms with van der Waals surface area (Å²) in [6, 6.07) is 1.65. The predicted molar refractivity (Wildman–Crippen MR) is 125 cm³/mol. The highest BCUT2D eigenvalue weighted by molar-refractivity contribution is 8.00. The highest BCUT2D eigenvalue weighted by Crippen LogP contribution is 2.40. The number of alkyl halides is 3. The Bertz CT molecular complexity index is 1390. The standard InChI is InChI=1S/C20H17F3N8O6S2/c21-20(22,23)7-37-28-10(14-27-19(25)39-29-14)15(33)26-11-16(34)31-12(18(35)36)9(6-38-17(11)31)5-30-3-1-8(2-4-30)13(24)32/h1-4,11,17H,5-7H2,(H5-,24,25,26,27,29,32,33,35,36)/t11?,17-/m0/s1. The Hall–Kier alpha value is -4.26. The van der Waals surface area contributed by atoms with Crippen molar-refractivity contribution in [2.75, 3.05) is 18.1 Å². The van der Waals surface area contributed by atoms with E-state index in [1.54, 1.807) is 4.57 Å². The number of fused-ring (bicyclic) bond motifs is 1. The summed E-state index contributed by atoms with van der Waals surface area (Å²) in [5.41, 5.74) is 10.1.